The van der Waals surface area contributed by atoms with Crippen LogP contribution in [0, 0.1) is 6.92 Å². The Morgan fingerprint density at radius 3 is 2.50 bits per heavy atom. The molecule has 3 N–H and O–H groups in total. The Kier molecular flexibility index (Phi) is 3.96. The van der Waals surface area contributed by atoms with E-state index in [9.17, 15) is 14.7 Å². The molecule has 0 fully saturated rings. The number of amides is 1. The summed E-state index contributed by atoms with van der Waals surface area (Å²) in [5.74, 6) is -1.33. The zero-order valence-corrected chi connectivity index (χ0v) is 10.7. The minimum Gasteiger partial charge on any atom is -0.508 e. The van der Waals surface area contributed by atoms with Crippen LogP contribution in [0.25, 0.3) is 0 Å². The van der Waals surface area contributed by atoms with E-state index >= 15 is 0 Å². The molecule has 0 radical (unpaired) electrons. The average Bonchev–Trinajstić information content (AvgIpc) is 2.18. The molecule has 0 unspecified atom stereocenters. The summed E-state index contributed by atoms with van der Waals surface area (Å²) in [7, 11) is 0. The predicted octanol–water partition coefficient (Wildman–Crippen LogP) is 1.68. The van der Waals surface area contributed by atoms with Gasteiger partial charge >= 0.3 is 5.97 Å². The summed E-state index contributed by atoms with van der Waals surface area (Å²) in [6.45, 7) is 4.91. The second kappa shape index (κ2) is 5.08. The molecular weight excluding hydrogens is 234 g/mol. The molecule has 0 aliphatic rings. The molecular formula is C13H17NO4. The van der Waals surface area contributed by atoms with E-state index in [2.05, 4.69) is 5.32 Å². The van der Waals surface area contributed by atoms with Gasteiger partial charge in [-0.1, -0.05) is 6.07 Å². The highest BCUT2D eigenvalue weighted by atomic mass is 16.4. The zero-order valence-electron chi connectivity index (χ0n) is 10.7. The molecule has 98 valence electrons. The van der Waals surface area contributed by atoms with E-state index in [1.54, 1.807) is 32.9 Å². The lowest BCUT2D eigenvalue weighted by Crippen LogP contribution is -2.45. The van der Waals surface area contributed by atoms with Gasteiger partial charge in [0.25, 0.3) is 5.91 Å². The smallest absolute Gasteiger partial charge is 0.305 e. The first-order valence-electron chi connectivity index (χ1n) is 5.56. The maximum Gasteiger partial charge on any atom is 0.305 e. The van der Waals surface area contributed by atoms with Crippen molar-refractivity contribution in [3.8, 4) is 5.75 Å². The number of phenolic OH excluding ortho intramolecular Hbond substituents is 1. The van der Waals surface area contributed by atoms with Gasteiger partial charge < -0.3 is 15.5 Å². The number of hydrogen-bond donors (Lipinski definition) is 3. The summed E-state index contributed by atoms with van der Waals surface area (Å²) in [6, 6.07) is 4.65. The van der Waals surface area contributed by atoms with Gasteiger partial charge in [0.05, 0.1) is 6.42 Å². The van der Waals surface area contributed by atoms with Gasteiger partial charge in [0.2, 0.25) is 0 Å². The van der Waals surface area contributed by atoms with Crippen LogP contribution in [0.4, 0.5) is 0 Å². The molecule has 0 saturated heterocycles. The molecule has 0 heterocycles. The lowest BCUT2D eigenvalue weighted by Gasteiger charge is -2.24. The molecule has 0 aliphatic carbocycles. The molecule has 0 aliphatic heterocycles. The van der Waals surface area contributed by atoms with Crippen molar-refractivity contribution >= 4 is 11.9 Å². The van der Waals surface area contributed by atoms with Crippen LogP contribution in [0.1, 0.15) is 36.2 Å². The molecule has 1 amide bonds. The molecule has 0 atom stereocenters. The van der Waals surface area contributed by atoms with Gasteiger partial charge in [0.15, 0.2) is 0 Å². The first kappa shape index (κ1) is 14.0. The van der Waals surface area contributed by atoms with Crippen LogP contribution in [-0.2, 0) is 4.79 Å². The maximum absolute atomic E-state index is 12.0. The summed E-state index contributed by atoms with van der Waals surface area (Å²) in [6.07, 6.45) is -0.170. The number of carbonyl (C=O) groups is 2. The Bertz CT molecular complexity index is 480. The lowest BCUT2D eigenvalue weighted by molar-refractivity contribution is -0.138. The number of benzene rings is 1. The minimum absolute atomic E-state index is 0.0405. The van der Waals surface area contributed by atoms with Crippen LogP contribution in [0.15, 0.2) is 18.2 Å². The van der Waals surface area contributed by atoms with E-state index in [1.165, 1.54) is 6.07 Å². The zero-order chi connectivity index (χ0) is 13.9. The Hall–Kier alpha value is -2.04. The summed E-state index contributed by atoms with van der Waals surface area (Å²) in [5.41, 5.74) is -0.0320. The molecule has 1 aromatic rings. The number of aromatic hydroxyl groups is 1. The Balaban J connectivity index is 2.89. The largest absolute Gasteiger partial charge is 0.508 e. The highest BCUT2D eigenvalue weighted by Crippen LogP contribution is 2.20. The fourth-order valence-electron chi connectivity index (χ4n) is 1.67. The Morgan fingerprint density at radius 2 is 1.94 bits per heavy atom. The number of carbonyl (C=O) groups excluding carboxylic acids is 1. The van der Waals surface area contributed by atoms with Crippen LogP contribution < -0.4 is 5.32 Å². The van der Waals surface area contributed by atoms with Gasteiger partial charge in [-0.2, -0.15) is 0 Å². The van der Waals surface area contributed by atoms with Crippen molar-refractivity contribution in [3.63, 3.8) is 0 Å². The van der Waals surface area contributed by atoms with Crippen LogP contribution in [0.2, 0.25) is 0 Å². The van der Waals surface area contributed by atoms with Gasteiger partial charge in [-0.15, -0.1) is 0 Å². The quantitative estimate of drug-likeness (QED) is 0.760. The monoisotopic (exact) mass is 251 g/mol. The van der Waals surface area contributed by atoms with Gasteiger partial charge in [-0.05, 0) is 32.9 Å². The molecule has 0 bridgehead atoms. The maximum atomic E-state index is 12.0. The summed E-state index contributed by atoms with van der Waals surface area (Å²) < 4.78 is 0. The first-order valence-corrected chi connectivity index (χ1v) is 5.56. The first-order chi connectivity index (χ1) is 8.23. The summed E-state index contributed by atoms with van der Waals surface area (Å²) in [4.78, 5) is 22.7. The number of phenols is 1. The standard InChI is InChI=1S/C13H17NO4/c1-8-9(5-4-6-10(8)15)12(18)14-13(2,3)7-11(16)17/h4-6,15H,7H2,1-3H3,(H,14,18)(H,16,17). The predicted molar refractivity (Wildman–Crippen MR) is 66.6 cm³/mol. The van der Waals surface area contributed by atoms with Crippen molar-refractivity contribution < 1.29 is 19.8 Å². The fraction of sp³-hybridized carbons (Fsp3) is 0.385. The number of nitrogens with one attached hydrogen (secondary N) is 1. The SMILES string of the molecule is Cc1c(O)cccc1C(=O)NC(C)(C)CC(=O)O. The van der Waals surface area contributed by atoms with E-state index < -0.39 is 17.4 Å². The molecule has 0 aromatic heterocycles. The summed E-state index contributed by atoms with van der Waals surface area (Å²) >= 11 is 0. The topological polar surface area (TPSA) is 86.6 Å². The summed E-state index contributed by atoms with van der Waals surface area (Å²) in [5, 5.41) is 20.9. The molecule has 5 nitrogen and oxygen atoms in total. The molecule has 0 spiro atoms. The van der Waals surface area contributed by atoms with Crippen LogP contribution >= 0.6 is 0 Å². The van der Waals surface area contributed by atoms with Gasteiger partial charge in [0.1, 0.15) is 5.75 Å². The van der Waals surface area contributed by atoms with E-state index in [0.717, 1.165) is 0 Å². The van der Waals surface area contributed by atoms with Gasteiger partial charge in [-0.25, -0.2) is 0 Å². The van der Waals surface area contributed by atoms with Gasteiger partial charge in [-0.3, -0.25) is 9.59 Å². The highest BCUT2D eigenvalue weighted by molar-refractivity contribution is 5.96. The lowest BCUT2D eigenvalue weighted by atomic mass is 9.99. The van der Waals surface area contributed by atoms with E-state index in [4.69, 9.17) is 5.11 Å². The van der Waals surface area contributed by atoms with E-state index in [0.29, 0.717) is 11.1 Å². The van der Waals surface area contributed by atoms with Crippen LogP contribution in [-0.4, -0.2) is 27.6 Å². The van der Waals surface area contributed by atoms with Crippen molar-refractivity contribution in [3.05, 3.63) is 29.3 Å². The highest BCUT2D eigenvalue weighted by Gasteiger charge is 2.25. The van der Waals surface area contributed by atoms with E-state index in [1.807, 2.05) is 0 Å². The Morgan fingerprint density at radius 1 is 1.33 bits per heavy atom. The minimum atomic E-state index is -0.979. The molecule has 18 heavy (non-hydrogen) atoms. The van der Waals surface area contributed by atoms with Crippen molar-refractivity contribution in [1.29, 1.82) is 0 Å². The second-order valence-corrected chi connectivity index (χ2v) is 4.86. The fourth-order valence-corrected chi connectivity index (χ4v) is 1.67. The van der Waals surface area contributed by atoms with Crippen LogP contribution in [0.5, 0.6) is 5.75 Å². The number of hydrogen-bond acceptors (Lipinski definition) is 3. The molecule has 1 rings (SSSR count). The normalized spacial score (nSPS) is 11.1. The molecule has 1 aromatic carbocycles. The average molecular weight is 251 g/mol. The van der Waals surface area contributed by atoms with Crippen molar-refractivity contribution in [1.82, 2.24) is 5.32 Å². The van der Waals surface area contributed by atoms with Crippen molar-refractivity contribution in [2.45, 2.75) is 32.7 Å². The van der Waals surface area contributed by atoms with E-state index in [-0.39, 0.29) is 12.2 Å². The third kappa shape index (κ3) is 3.48. The van der Waals surface area contributed by atoms with Crippen molar-refractivity contribution in [2.75, 3.05) is 0 Å². The Labute approximate surface area is 105 Å². The number of aliphatic carboxylic acids is 1. The number of carboxylic acid groups (broad SMARTS) is 1. The second-order valence-electron chi connectivity index (χ2n) is 4.86. The number of rotatable bonds is 4. The third-order valence-electron chi connectivity index (χ3n) is 2.59. The molecule has 5 heteroatoms. The number of carboxylic acids is 1. The van der Waals surface area contributed by atoms with Crippen molar-refractivity contribution in [2.24, 2.45) is 0 Å². The third-order valence-corrected chi connectivity index (χ3v) is 2.59. The van der Waals surface area contributed by atoms with Crippen LogP contribution in [0.3, 0.4) is 0 Å². The molecule has 0 saturated carbocycles. The van der Waals surface area contributed by atoms with Gasteiger partial charge in [0, 0.05) is 16.7 Å².